The van der Waals surface area contributed by atoms with Gasteiger partial charge in [0, 0.05) is 25.3 Å². The molecule has 0 atom stereocenters. The monoisotopic (exact) mass is 382 g/mol. The van der Waals surface area contributed by atoms with Crippen LogP contribution in [0.3, 0.4) is 0 Å². The molecular weight excluding hydrogens is 363 g/mol. The highest BCUT2D eigenvalue weighted by atomic mass is 19.1. The molecule has 2 N–H and O–H groups in total. The van der Waals surface area contributed by atoms with Gasteiger partial charge in [0.15, 0.2) is 0 Å². The fourth-order valence-corrected chi connectivity index (χ4v) is 2.52. The molecule has 0 bridgehead atoms. The number of carbonyl (C=O) groups excluding carboxylic acids is 2. The molecule has 0 radical (unpaired) electrons. The Morgan fingerprint density at radius 2 is 1.89 bits per heavy atom. The van der Waals surface area contributed by atoms with E-state index in [4.69, 9.17) is 0 Å². The van der Waals surface area contributed by atoms with Gasteiger partial charge in [0.1, 0.15) is 18.5 Å². The number of hydrogen-bond donors (Lipinski definition) is 2. The van der Waals surface area contributed by atoms with Crippen molar-refractivity contribution in [2.45, 2.75) is 0 Å². The Bertz CT molecular complexity index is 971. The summed E-state index contributed by atoms with van der Waals surface area (Å²) < 4.78 is 15.6. The third-order valence-electron chi connectivity index (χ3n) is 3.94. The van der Waals surface area contributed by atoms with Crippen LogP contribution in [0.25, 0.3) is 5.69 Å². The van der Waals surface area contributed by atoms with Gasteiger partial charge in [0.25, 0.3) is 5.91 Å². The van der Waals surface area contributed by atoms with Gasteiger partial charge in [-0.3, -0.25) is 9.59 Å². The van der Waals surface area contributed by atoms with Crippen molar-refractivity contribution in [3.05, 3.63) is 66.5 Å². The SMILES string of the molecule is CN(C)c1ccc(C(=O)NCC(=O)Nc2ccc(-n3cncn3)cc2)cc1F. The van der Waals surface area contributed by atoms with Gasteiger partial charge in [0.2, 0.25) is 5.91 Å². The van der Waals surface area contributed by atoms with Crippen LogP contribution in [0.1, 0.15) is 10.4 Å². The molecule has 0 aliphatic rings. The number of benzene rings is 2. The third kappa shape index (κ3) is 4.50. The highest BCUT2D eigenvalue weighted by molar-refractivity contribution is 5.99. The summed E-state index contributed by atoms with van der Waals surface area (Å²) in [5.41, 5.74) is 1.90. The van der Waals surface area contributed by atoms with Crippen LogP contribution < -0.4 is 15.5 Å². The number of nitrogens with zero attached hydrogens (tertiary/aromatic N) is 4. The summed E-state index contributed by atoms with van der Waals surface area (Å²) >= 11 is 0. The van der Waals surface area contributed by atoms with E-state index >= 15 is 0 Å². The zero-order valence-corrected chi connectivity index (χ0v) is 15.4. The molecule has 0 aliphatic heterocycles. The third-order valence-corrected chi connectivity index (χ3v) is 3.94. The number of anilines is 2. The van der Waals surface area contributed by atoms with Crippen molar-refractivity contribution in [1.29, 1.82) is 0 Å². The van der Waals surface area contributed by atoms with Crippen LogP contribution >= 0.6 is 0 Å². The van der Waals surface area contributed by atoms with Crippen LogP contribution in [-0.2, 0) is 4.79 Å². The molecule has 0 aliphatic carbocycles. The molecule has 144 valence electrons. The lowest BCUT2D eigenvalue weighted by molar-refractivity contribution is -0.115. The second-order valence-electron chi connectivity index (χ2n) is 6.18. The maximum atomic E-state index is 14.0. The largest absolute Gasteiger partial charge is 0.375 e. The molecule has 3 rings (SSSR count). The summed E-state index contributed by atoms with van der Waals surface area (Å²) in [6.07, 6.45) is 3.00. The predicted molar refractivity (Wildman–Crippen MR) is 103 cm³/mol. The Hall–Kier alpha value is -3.75. The summed E-state index contributed by atoms with van der Waals surface area (Å²) in [4.78, 5) is 29.6. The number of rotatable bonds is 6. The van der Waals surface area contributed by atoms with E-state index in [9.17, 15) is 14.0 Å². The fraction of sp³-hybridized carbons (Fsp3) is 0.158. The maximum Gasteiger partial charge on any atom is 0.251 e. The molecule has 28 heavy (non-hydrogen) atoms. The van der Waals surface area contributed by atoms with Gasteiger partial charge < -0.3 is 15.5 Å². The van der Waals surface area contributed by atoms with E-state index in [-0.39, 0.29) is 12.1 Å². The number of aromatic nitrogens is 3. The van der Waals surface area contributed by atoms with Crippen molar-refractivity contribution in [2.24, 2.45) is 0 Å². The molecule has 3 aromatic rings. The molecule has 9 heteroatoms. The Kier molecular flexibility index (Phi) is 5.64. The van der Waals surface area contributed by atoms with Crippen LogP contribution in [0.2, 0.25) is 0 Å². The summed E-state index contributed by atoms with van der Waals surface area (Å²) in [7, 11) is 3.42. The van der Waals surface area contributed by atoms with Crippen molar-refractivity contribution in [3.63, 3.8) is 0 Å². The molecule has 2 aromatic carbocycles. The summed E-state index contributed by atoms with van der Waals surface area (Å²) in [6.45, 7) is -0.235. The van der Waals surface area contributed by atoms with E-state index in [2.05, 4.69) is 20.7 Å². The summed E-state index contributed by atoms with van der Waals surface area (Å²) in [5.74, 6) is -1.43. The second-order valence-corrected chi connectivity index (χ2v) is 6.18. The predicted octanol–water partition coefficient (Wildman–Crippen LogP) is 1.84. The Balaban J connectivity index is 1.54. The highest BCUT2D eigenvalue weighted by Crippen LogP contribution is 2.18. The molecule has 1 heterocycles. The van der Waals surface area contributed by atoms with E-state index in [1.165, 1.54) is 18.5 Å². The topological polar surface area (TPSA) is 92.2 Å². The molecular formula is C19H19FN6O2. The van der Waals surface area contributed by atoms with Crippen LogP contribution in [0.5, 0.6) is 0 Å². The molecule has 2 amide bonds. The van der Waals surface area contributed by atoms with E-state index < -0.39 is 17.6 Å². The zero-order valence-electron chi connectivity index (χ0n) is 15.4. The Labute approximate surface area is 161 Å². The highest BCUT2D eigenvalue weighted by Gasteiger charge is 2.12. The van der Waals surface area contributed by atoms with Gasteiger partial charge in [-0.2, -0.15) is 5.10 Å². The minimum absolute atomic E-state index is 0.146. The van der Waals surface area contributed by atoms with Crippen molar-refractivity contribution >= 4 is 23.2 Å². The number of nitrogens with one attached hydrogen (secondary N) is 2. The van der Waals surface area contributed by atoms with Crippen LogP contribution in [0.15, 0.2) is 55.1 Å². The van der Waals surface area contributed by atoms with E-state index in [1.54, 1.807) is 54.3 Å². The van der Waals surface area contributed by atoms with Crippen molar-refractivity contribution in [1.82, 2.24) is 20.1 Å². The first-order chi connectivity index (χ1) is 13.4. The van der Waals surface area contributed by atoms with Gasteiger partial charge in [-0.1, -0.05) is 0 Å². The zero-order chi connectivity index (χ0) is 20.1. The van der Waals surface area contributed by atoms with Crippen LogP contribution in [0, 0.1) is 5.82 Å². The first-order valence-electron chi connectivity index (χ1n) is 8.44. The Morgan fingerprint density at radius 1 is 1.14 bits per heavy atom. The van der Waals surface area contributed by atoms with Crippen molar-refractivity contribution < 1.29 is 14.0 Å². The average molecular weight is 382 g/mol. The van der Waals surface area contributed by atoms with Crippen LogP contribution in [0.4, 0.5) is 15.8 Å². The standard InChI is InChI=1S/C19H19FN6O2/c1-25(2)17-8-3-13(9-16(17)20)19(28)22-10-18(27)24-14-4-6-15(7-5-14)26-12-21-11-23-26/h3-9,11-12H,10H2,1-2H3,(H,22,28)(H,24,27). The quantitative estimate of drug-likeness (QED) is 0.679. The lowest BCUT2D eigenvalue weighted by atomic mass is 10.1. The molecule has 1 aromatic heterocycles. The van der Waals surface area contributed by atoms with E-state index in [1.807, 2.05) is 0 Å². The van der Waals surface area contributed by atoms with Gasteiger partial charge >= 0.3 is 0 Å². The second kappa shape index (κ2) is 8.30. The van der Waals surface area contributed by atoms with Crippen molar-refractivity contribution in [3.8, 4) is 5.69 Å². The maximum absolute atomic E-state index is 14.0. The normalized spacial score (nSPS) is 10.4. The molecule has 8 nitrogen and oxygen atoms in total. The first-order valence-corrected chi connectivity index (χ1v) is 8.44. The number of amides is 2. The summed E-state index contributed by atoms with van der Waals surface area (Å²) in [5, 5.41) is 9.17. The van der Waals surface area contributed by atoms with Crippen LogP contribution in [-0.4, -0.2) is 47.2 Å². The lowest BCUT2D eigenvalue weighted by Gasteiger charge is -2.14. The number of carbonyl (C=O) groups is 2. The fourth-order valence-electron chi connectivity index (χ4n) is 2.52. The molecule has 0 spiro atoms. The van der Waals surface area contributed by atoms with E-state index in [0.717, 1.165) is 11.8 Å². The smallest absolute Gasteiger partial charge is 0.251 e. The number of halogens is 1. The average Bonchev–Trinajstić information content (AvgIpc) is 3.21. The van der Waals surface area contributed by atoms with Crippen molar-refractivity contribution in [2.75, 3.05) is 30.9 Å². The first kappa shape index (κ1) is 19.0. The minimum Gasteiger partial charge on any atom is -0.375 e. The minimum atomic E-state index is -0.527. The van der Waals surface area contributed by atoms with Gasteiger partial charge in [-0.25, -0.2) is 14.1 Å². The lowest BCUT2D eigenvalue weighted by Crippen LogP contribution is -2.33. The van der Waals surface area contributed by atoms with Gasteiger partial charge in [-0.05, 0) is 42.5 Å². The van der Waals surface area contributed by atoms with Gasteiger partial charge in [-0.15, -0.1) is 0 Å². The van der Waals surface area contributed by atoms with Gasteiger partial charge in [0.05, 0.1) is 17.9 Å². The molecule has 0 unspecified atom stereocenters. The molecule has 0 saturated carbocycles. The Morgan fingerprint density at radius 3 is 2.50 bits per heavy atom. The molecule has 0 saturated heterocycles. The van der Waals surface area contributed by atoms with E-state index in [0.29, 0.717) is 11.4 Å². The molecule has 0 fully saturated rings. The number of hydrogen-bond acceptors (Lipinski definition) is 5. The summed E-state index contributed by atoms with van der Waals surface area (Å²) in [6, 6.07) is 11.1.